The first-order valence-electron chi connectivity index (χ1n) is 11.6. The number of ether oxygens (including phenoxy) is 2. The largest absolute Gasteiger partial charge is 0.497 e. The van der Waals surface area contributed by atoms with Gasteiger partial charge in [-0.1, -0.05) is 12.8 Å². The second kappa shape index (κ2) is 7.77. The van der Waals surface area contributed by atoms with Crippen molar-refractivity contribution >= 4 is 22.7 Å². The first-order valence-corrected chi connectivity index (χ1v) is 11.6. The summed E-state index contributed by atoms with van der Waals surface area (Å²) in [5, 5.41) is 11.3. The molecule has 1 atom stereocenters. The molecule has 1 N–H and O–H groups in total. The Morgan fingerprint density at radius 2 is 1.97 bits per heavy atom. The van der Waals surface area contributed by atoms with Crippen LogP contribution >= 0.6 is 0 Å². The van der Waals surface area contributed by atoms with Gasteiger partial charge in [-0.25, -0.2) is 4.98 Å². The molecule has 3 aliphatic rings. The average Bonchev–Trinajstić information content (AvgIpc) is 3.46. The van der Waals surface area contributed by atoms with Crippen molar-refractivity contribution in [2.24, 2.45) is 5.92 Å². The fraction of sp³-hybridized carbons (Fsp3) is 0.385. The molecule has 2 aliphatic heterocycles. The van der Waals surface area contributed by atoms with Crippen LogP contribution in [0.1, 0.15) is 65.3 Å². The van der Waals surface area contributed by atoms with Gasteiger partial charge in [0.2, 0.25) is 0 Å². The van der Waals surface area contributed by atoms with Gasteiger partial charge in [-0.15, -0.1) is 0 Å². The van der Waals surface area contributed by atoms with Gasteiger partial charge in [0.15, 0.2) is 5.78 Å². The zero-order valence-corrected chi connectivity index (χ0v) is 18.8. The Morgan fingerprint density at radius 1 is 1.18 bits per heavy atom. The number of nitrogens with zero attached hydrogens (tertiary/aromatic N) is 2. The number of hydrogen-bond donors (Lipinski definition) is 1. The Kier molecular flexibility index (Phi) is 4.81. The monoisotopic (exact) mass is 460 g/mol. The van der Waals surface area contributed by atoms with E-state index in [1.165, 1.54) is 0 Å². The molecule has 0 amide bonds. The van der Waals surface area contributed by atoms with E-state index in [0.29, 0.717) is 33.8 Å². The van der Waals surface area contributed by atoms with E-state index >= 15 is 0 Å². The van der Waals surface area contributed by atoms with Crippen molar-refractivity contribution < 1.29 is 24.2 Å². The summed E-state index contributed by atoms with van der Waals surface area (Å²) in [7, 11) is 1.58. The lowest BCUT2D eigenvalue weighted by Gasteiger charge is -2.15. The molecule has 174 valence electrons. The molecule has 0 saturated heterocycles. The SMILES string of the molecule is COc1ccc2nc3c(c(C(=O)C4CCCC4)c2c1)Cn1c-3cc2c(c1=O)COC(=O)CC2O. The maximum Gasteiger partial charge on any atom is 0.309 e. The fourth-order valence-electron chi connectivity index (χ4n) is 5.59. The topological polar surface area (TPSA) is 108 Å². The number of pyridine rings is 2. The van der Waals surface area contributed by atoms with Crippen molar-refractivity contribution in [3.05, 3.63) is 56.9 Å². The number of carbonyl (C=O) groups is 2. The smallest absolute Gasteiger partial charge is 0.309 e. The lowest BCUT2D eigenvalue weighted by Crippen LogP contribution is -2.25. The Bertz CT molecular complexity index is 1430. The molecule has 8 heteroatoms. The fourth-order valence-corrected chi connectivity index (χ4v) is 5.59. The highest BCUT2D eigenvalue weighted by Crippen LogP contribution is 2.41. The van der Waals surface area contributed by atoms with Gasteiger partial charge in [0.05, 0.1) is 48.6 Å². The van der Waals surface area contributed by atoms with E-state index in [9.17, 15) is 19.5 Å². The zero-order valence-electron chi connectivity index (χ0n) is 18.8. The summed E-state index contributed by atoms with van der Waals surface area (Å²) < 4.78 is 12.1. The average molecular weight is 460 g/mol. The lowest BCUT2D eigenvalue weighted by atomic mass is 9.89. The van der Waals surface area contributed by atoms with Gasteiger partial charge in [0.1, 0.15) is 12.4 Å². The number of esters is 1. The number of cyclic esters (lactones) is 1. The normalized spacial score (nSPS) is 19.4. The van der Waals surface area contributed by atoms with Gasteiger partial charge in [-0.05, 0) is 42.7 Å². The number of aliphatic hydroxyl groups excluding tert-OH is 1. The van der Waals surface area contributed by atoms with E-state index in [2.05, 4.69) is 0 Å². The van der Waals surface area contributed by atoms with Crippen LogP contribution in [0.25, 0.3) is 22.3 Å². The molecule has 34 heavy (non-hydrogen) atoms. The van der Waals surface area contributed by atoms with Crippen LogP contribution in [0.2, 0.25) is 0 Å². The highest BCUT2D eigenvalue weighted by atomic mass is 16.5. The Hall–Kier alpha value is -3.52. The Balaban J connectivity index is 1.61. The highest BCUT2D eigenvalue weighted by Gasteiger charge is 2.35. The molecular weight excluding hydrogens is 436 g/mol. The van der Waals surface area contributed by atoms with Crippen molar-refractivity contribution in [2.75, 3.05) is 7.11 Å². The molecule has 1 aromatic carbocycles. The minimum absolute atomic E-state index is 0.0423. The third-order valence-corrected chi connectivity index (χ3v) is 7.36. The van der Waals surface area contributed by atoms with Crippen LogP contribution in [0.4, 0.5) is 0 Å². The number of aliphatic hydroxyl groups is 1. The molecule has 1 fully saturated rings. The van der Waals surface area contributed by atoms with Crippen LogP contribution < -0.4 is 10.3 Å². The quantitative estimate of drug-likeness (QED) is 0.369. The summed E-state index contributed by atoms with van der Waals surface area (Å²) in [6.07, 6.45) is 2.46. The first kappa shape index (κ1) is 21.0. The highest BCUT2D eigenvalue weighted by molar-refractivity contribution is 6.11. The second-order valence-corrected chi connectivity index (χ2v) is 9.28. The third kappa shape index (κ3) is 3.09. The predicted octanol–water partition coefficient (Wildman–Crippen LogP) is 3.29. The first-order chi connectivity index (χ1) is 16.5. The van der Waals surface area contributed by atoms with E-state index in [1.54, 1.807) is 23.8 Å². The Labute approximate surface area is 195 Å². The van der Waals surface area contributed by atoms with Crippen LogP contribution in [0.3, 0.4) is 0 Å². The molecule has 0 radical (unpaired) electrons. The maximum absolute atomic E-state index is 13.8. The minimum atomic E-state index is -1.13. The third-order valence-electron chi connectivity index (χ3n) is 7.36. The van der Waals surface area contributed by atoms with Crippen molar-refractivity contribution in [1.29, 1.82) is 0 Å². The van der Waals surface area contributed by atoms with Crippen molar-refractivity contribution in [3.63, 3.8) is 0 Å². The summed E-state index contributed by atoms with van der Waals surface area (Å²) >= 11 is 0. The molecule has 1 saturated carbocycles. The number of methoxy groups -OCH3 is 1. The minimum Gasteiger partial charge on any atom is -0.497 e. The van der Waals surface area contributed by atoms with Crippen LogP contribution in [0.15, 0.2) is 29.1 Å². The molecule has 4 heterocycles. The molecule has 0 bridgehead atoms. The summed E-state index contributed by atoms with van der Waals surface area (Å²) in [4.78, 5) is 43.9. The molecule has 8 nitrogen and oxygen atoms in total. The molecule has 1 aliphatic carbocycles. The van der Waals surface area contributed by atoms with Crippen LogP contribution in [-0.2, 0) is 22.7 Å². The number of carbonyl (C=O) groups excluding carboxylic acids is 2. The maximum atomic E-state index is 13.8. The molecule has 2 aromatic heterocycles. The van der Waals surface area contributed by atoms with Gasteiger partial charge in [-0.2, -0.15) is 0 Å². The van der Waals surface area contributed by atoms with E-state index in [0.717, 1.165) is 36.6 Å². The molecular formula is C26H24N2O6. The predicted molar refractivity (Wildman–Crippen MR) is 123 cm³/mol. The Morgan fingerprint density at radius 3 is 2.74 bits per heavy atom. The molecule has 3 aromatic rings. The summed E-state index contributed by atoms with van der Waals surface area (Å²) in [5.74, 6) is 0.139. The van der Waals surface area contributed by atoms with Crippen molar-refractivity contribution in [1.82, 2.24) is 9.55 Å². The van der Waals surface area contributed by atoms with Crippen molar-refractivity contribution in [2.45, 2.75) is 51.4 Å². The number of hydrogen-bond acceptors (Lipinski definition) is 7. The van der Waals surface area contributed by atoms with Crippen LogP contribution in [-0.4, -0.2) is 33.5 Å². The van der Waals surface area contributed by atoms with Gasteiger partial charge in [0.25, 0.3) is 5.56 Å². The number of benzene rings is 1. The van der Waals surface area contributed by atoms with E-state index in [4.69, 9.17) is 14.5 Å². The molecule has 6 rings (SSSR count). The van der Waals surface area contributed by atoms with Gasteiger partial charge < -0.3 is 19.1 Å². The number of rotatable bonds is 3. The van der Waals surface area contributed by atoms with E-state index in [1.807, 2.05) is 12.1 Å². The number of Topliss-reactive ketones (excluding diaryl/α,β-unsaturated/α-hetero) is 1. The molecule has 1 unspecified atom stereocenters. The van der Waals surface area contributed by atoms with E-state index in [-0.39, 0.29) is 42.4 Å². The summed E-state index contributed by atoms with van der Waals surface area (Å²) in [5.41, 5.74) is 3.42. The van der Waals surface area contributed by atoms with Gasteiger partial charge in [-0.3, -0.25) is 14.4 Å². The van der Waals surface area contributed by atoms with Crippen LogP contribution in [0, 0.1) is 5.92 Å². The van der Waals surface area contributed by atoms with E-state index < -0.39 is 12.1 Å². The second-order valence-electron chi connectivity index (χ2n) is 9.28. The summed E-state index contributed by atoms with van der Waals surface area (Å²) in [6, 6.07) is 7.19. The van der Waals surface area contributed by atoms with Crippen molar-refractivity contribution in [3.8, 4) is 17.1 Å². The number of fused-ring (bicyclic) bond motifs is 5. The van der Waals surface area contributed by atoms with Crippen LogP contribution in [0.5, 0.6) is 5.75 Å². The van der Waals surface area contributed by atoms with Gasteiger partial charge >= 0.3 is 5.97 Å². The van der Waals surface area contributed by atoms with Gasteiger partial charge in [0, 0.05) is 22.4 Å². The number of ketones is 1. The summed E-state index contributed by atoms with van der Waals surface area (Å²) in [6.45, 7) is 0.0237. The zero-order chi connectivity index (χ0) is 23.6. The molecule has 0 spiro atoms. The number of aromatic nitrogens is 2. The lowest BCUT2D eigenvalue weighted by molar-refractivity contribution is -0.146. The standard InChI is InChI=1S/C26H24N2O6/c1-33-14-6-7-19-16(8-14)23(25(31)13-4-2-3-5-13)17-11-28-20(24(17)27-19)9-15-18(26(28)32)12-34-22(30)10-21(15)29/h6-9,13,21,29H,2-5,10-12H2,1H3.